The van der Waals surface area contributed by atoms with Crippen LogP contribution in [0.1, 0.15) is 12.8 Å². The number of hydrogen-bond acceptors (Lipinski definition) is 4. The maximum absolute atomic E-state index is 10.3. The maximum Gasteiger partial charge on any atom is 0.336 e. The number of carbonyl (C=O) groups is 3. The number of carboxylic acid groups (broad SMARTS) is 3. The molecule has 0 amide bonds. The van der Waals surface area contributed by atoms with Crippen molar-refractivity contribution in [3.05, 3.63) is 0 Å². The molecule has 14 heavy (non-hydrogen) atoms. The lowest BCUT2D eigenvalue weighted by Crippen LogP contribution is -2.42. The maximum atomic E-state index is 10.3. The van der Waals surface area contributed by atoms with E-state index in [2.05, 4.69) is 0 Å². The van der Waals surface area contributed by atoms with Crippen molar-refractivity contribution in [1.82, 2.24) is 0 Å². The van der Waals surface area contributed by atoms with Crippen LogP contribution < -0.4 is 0 Å². The minimum absolute atomic E-state index is 0. The van der Waals surface area contributed by atoms with Crippen molar-refractivity contribution in [3.8, 4) is 0 Å². The molecule has 0 spiro atoms. The first-order valence-electron chi connectivity index (χ1n) is 3.17. The fraction of sp³-hybridized carbons (Fsp3) is 0.500. The summed E-state index contributed by atoms with van der Waals surface area (Å²) >= 11 is 0. The highest BCUT2D eigenvalue weighted by atomic mass is 24.3. The lowest BCUT2D eigenvalue weighted by atomic mass is 9.96. The van der Waals surface area contributed by atoms with Gasteiger partial charge in [-0.1, -0.05) is 0 Å². The third kappa shape index (κ3) is 4.99. The van der Waals surface area contributed by atoms with E-state index in [1.54, 1.807) is 0 Å². The molecule has 0 unspecified atom stereocenters. The number of aliphatic carboxylic acids is 3. The van der Waals surface area contributed by atoms with Gasteiger partial charge < -0.3 is 20.4 Å². The van der Waals surface area contributed by atoms with E-state index >= 15 is 0 Å². The Morgan fingerprint density at radius 2 is 1.21 bits per heavy atom. The Morgan fingerprint density at radius 3 is 1.36 bits per heavy atom. The Kier molecular flexibility index (Phi) is 6.44. The second-order valence-corrected chi connectivity index (χ2v) is 2.48. The number of aliphatic hydroxyl groups is 1. The third-order valence-electron chi connectivity index (χ3n) is 1.29. The van der Waals surface area contributed by atoms with Crippen LogP contribution in [0.2, 0.25) is 0 Å². The molecule has 2 radical (unpaired) electrons. The fourth-order valence-electron chi connectivity index (χ4n) is 0.714. The Bertz CT molecular complexity index is 233. The van der Waals surface area contributed by atoms with E-state index in [4.69, 9.17) is 20.4 Å². The van der Waals surface area contributed by atoms with Crippen LogP contribution in [0.4, 0.5) is 0 Å². The smallest absolute Gasteiger partial charge is 0.336 e. The van der Waals surface area contributed by atoms with Gasteiger partial charge in [-0.2, -0.15) is 0 Å². The molecule has 0 aromatic rings. The molecule has 8 heteroatoms. The molecule has 0 aromatic carbocycles. The van der Waals surface area contributed by atoms with Gasteiger partial charge in [0.25, 0.3) is 0 Å². The molecule has 0 saturated heterocycles. The van der Waals surface area contributed by atoms with Crippen molar-refractivity contribution < 1.29 is 34.8 Å². The lowest BCUT2D eigenvalue weighted by Gasteiger charge is -2.18. The van der Waals surface area contributed by atoms with E-state index in [0.29, 0.717) is 0 Å². The van der Waals surface area contributed by atoms with E-state index < -0.39 is 36.4 Å². The van der Waals surface area contributed by atoms with Crippen LogP contribution in [0, 0.1) is 0 Å². The van der Waals surface area contributed by atoms with E-state index in [9.17, 15) is 14.4 Å². The van der Waals surface area contributed by atoms with Gasteiger partial charge in [0.1, 0.15) is 0 Å². The minimum atomic E-state index is -2.74. The SMILES string of the molecule is O=C(O)CC(O)(CC(=O)O)C(=O)O.[Mg]. The molecule has 0 aromatic heterocycles. The van der Waals surface area contributed by atoms with Gasteiger partial charge in [-0.15, -0.1) is 0 Å². The Labute approximate surface area is 94.5 Å². The second-order valence-electron chi connectivity index (χ2n) is 2.48. The van der Waals surface area contributed by atoms with Crippen molar-refractivity contribution >= 4 is 41.0 Å². The topological polar surface area (TPSA) is 132 Å². The van der Waals surface area contributed by atoms with Crippen LogP contribution in [0.15, 0.2) is 0 Å². The number of hydrogen-bond donors (Lipinski definition) is 4. The van der Waals surface area contributed by atoms with Crippen LogP contribution in [-0.4, -0.2) is 67.0 Å². The summed E-state index contributed by atoms with van der Waals surface area (Å²) < 4.78 is 0. The predicted octanol–water partition coefficient (Wildman–Crippen LogP) is -1.63. The average molecular weight is 216 g/mol. The first-order valence-corrected chi connectivity index (χ1v) is 3.17. The molecule has 0 fully saturated rings. The van der Waals surface area contributed by atoms with Gasteiger partial charge in [0, 0.05) is 23.1 Å². The van der Waals surface area contributed by atoms with Crippen LogP contribution in [0.5, 0.6) is 0 Å². The van der Waals surface area contributed by atoms with E-state index in [1.165, 1.54) is 0 Å². The summed E-state index contributed by atoms with van der Waals surface area (Å²) in [6.45, 7) is 0. The van der Waals surface area contributed by atoms with Crippen molar-refractivity contribution in [2.24, 2.45) is 0 Å². The van der Waals surface area contributed by atoms with E-state index in [1.807, 2.05) is 0 Å². The van der Waals surface area contributed by atoms with E-state index in [-0.39, 0.29) is 23.1 Å². The number of carboxylic acids is 3. The van der Waals surface area contributed by atoms with Gasteiger partial charge in [0.15, 0.2) is 5.60 Å². The zero-order chi connectivity index (χ0) is 10.6. The van der Waals surface area contributed by atoms with Crippen LogP contribution >= 0.6 is 0 Å². The molecule has 4 N–H and O–H groups in total. The van der Waals surface area contributed by atoms with Crippen molar-refractivity contribution in [1.29, 1.82) is 0 Å². The molecule has 0 bridgehead atoms. The highest BCUT2D eigenvalue weighted by molar-refractivity contribution is 5.88. The standard InChI is InChI=1S/C6H8O7.Mg/c7-3(8)1-6(13,5(11)12)2-4(9)10;/h13H,1-2H2,(H,7,8)(H,9,10)(H,11,12);. The summed E-state index contributed by atoms with van der Waals surface area (Å²) in [4.78, 5) is 30.5. The summed E-state index contributed by atoms with van der Waals surface area (Å²) in [7, 11) is 0. The highest BCUT2D eigenvalue weighted by Crippen LogP contribution is 2.15. The first-order chi connectivity index (χ1) is 5.78. The van der Waals surface area contributed by atoms with Gasteiger partial charge >= 0.3 is 17.9 Å². The fourth-order valence-corrected chi connectivity index (χ4v) is 0.714. The molecule has 0 aliphatic carbocycles. The predicted molar refractivity (Wildman–Crippen MR) is 42.8 cm³/mol. The molecule has 76 valence electrons. The number of rotatable bonds is 5. The molecule has 7 nitrogen and oxygen atoms in total. The molecule has 0 aliphatic rings. The van der Waals surface area contributed by atoms with Crippen LogP contribution in [0.3, 0.4) is 0 Å². The average Bonchev–Trinajstić information content (AvgIpc) is 1.82. The second kappa shape index (κ2) is 5.78. The Hall–Kier alpha value is -0.864. The first kappa shape index (κ1) is 15.6. The Balaban J connectivity index is 0. The molecular formula is C6H8MgO7. The zero-order valence-electron chi connectivity index (χ0n) is 7.13. The van der Waals surface area contributed by atoms with Gasteiger partial charge in [0.05, 0.1) is 12.8 Å². The zero-order valence-corrected chi connectivity index (χ0v) is 8.55. The van der Waals surface area contributed by atoms with Crippen molar-refractivity contribution in [3.63, 3.8) is 0 Å². The largest absolute Gasteiger partial charge is 0.481 e. The van der Waals surface area contributed by atoms with E-state index in [0.717, 1.165) is 0 Å². The third-order valence-corrected chi connectivity index (χ3v) is 1.29. The monoisotopic (exact) mass is 216 g/mol. The van der Waals surface area contributed by atoms with Gasteiger partial charge in [-0.25, -0.2) is 4.79 Å². The quantitative estimate of drug-likeness (QED) is 0.406. The van der Waals surface area contributed by atoms with Crippen LogP contribution in [0.25, 0.3) is 0 Å². The van der Waals surface area contributed by atoms with Gasteiger partial charge in [0.2, 0.25) is 0 Å². The van der Waals surface area contributed by atoms with Crippen molar-refractivity contribution in [2.45, 2.75) is 18.4 Å². The summed E-state index contributed by atoms with van der Waals surface area (Å²) in [6.07, 6.45) is -2.29. The highest BCUT2D eigenvalue weighted by Gasteiger charge is 2.40. The summed E-state index contributed by atoms with van der Waals surface area (Å²) in [6, 6.07) is 0. The Morgan fingerprint density at radius 1 is 0.929 bits per heavy atom. The molecule has 0 atom stereocenters. The summed E-state index contributed by atoms with van der Waals surface area (Å²) in [5.41, 5.74) is -2.74. The van der Waals surface area contributed by atoms with Crippen molar-refractivity contribution in [2.75, 3.05) is 0 Å². The molecule has 0 rings (SSSR count). The summed E-state index contributed by atoms with van der Waals surface area (Å²) in [5.74, 6) is -5.02. The molecule has 0 aliphatic heterocycles. The normalized spacial score (nSPS) is 10.1. The van der Waals surface area contributed by atoms with Crippen LogP contribution in [-0.2, 0) is 14.4 Å². The van der Waals surface area contributed by atoms with Gasteiger partial charge in [-0.3, -0.25) is 9.59 Å². The minimum Gasteiger partial charge on any atom is -0.481 e. The lowest BCUT2D eigenvalue weighted by molar-refractivity contribution is -0.170. The summed E-state index contributed by atoms with van der Waals surface area (Å²) in [5, 5.41) is 33.8. The van der Waals surface area contributed by atoms with Gasteiger partial charge in [-0.05, 0) is 0 Å². The molecule has 0 saturated carbocycles. The molecule has 0 heterocycles. The molecular weight excluding hydrogens is 208 g/mol.